The summed E-state index contributed by atoms with van der Waals surface area (Å²) in [5.41, 5.74) is 6.75. The molecule has 3 atom stereocenters. The Labute approximate surface area is 649 Å². The first-order chi connectivity index (χ1) is 53.1. The highest BCUT2D eigenvalue weighted by molar-refractivity contribution is 6.33. The number of hydrogen-bond acceptors (Lipinski definition) is 17. The van der Waals surface area contributed by atoms with E-state index in [1.165, 1.54) is 17.6 Å². The number of aliphatic hydroxyl groups excluding tert-OH is 3. The van der Waals surface area contributed by atoms with Crippen LogP contribution < -0.4 is 20.0 Å². The zero-order valence-corrected chi connectivity index (χ0v) is 63.6. The van der Waals surface area contributed by atoms with E-state index in [-0.39, 0.29) is 97.0 Å². The van der Waals surface area contributed by atoms with Crippen molar-refractivity contribution in [1.82, 2.24) is 49.5 Å². The van der Waals surface area contributed by atoms with E-state index >= 15 is 13.2 Å². The minimum Gasteiger partial charge on any atom is -0.512 e. The molecule has 27 heteroatoms. The van der Waals surface area contributed by atoms with Crippen LogP contribution in [-0.4, -0.2) is 188 Å². The van der Waals surface area contributed by atoms with Crippen molar-refractivity contribution >= 4 is 115 Å². The molecule has 0 unspecified atom stereocenters. The molecule has 0 radical (unpaired) electrons. The van der Waals surface area contributed by atoms with Gasteiger partial charge in [-0.3, -0.25) is 19.2 Å². The predicted octanol–water partition coefficient (Wildman–Crippen LogP) is 14.2. The number of anilines is 4. The van der Waals surface area contributed by atoms with Gasteiger partial charge in [0.1, 0.15) is 46.7 Å². The molecule has 4 amide bonds. The second-order valence-electron chi connectivity index (χ2n) is 27.6. The van der Waals surface area contributed by atoms with Gasteiger partial charge in [-0.15, -0.1) is 0 Å². The van der Waals surface area contributed by atoms with Gasteiger partial charge in [-0.25, -0.2) is 38.1 Å². The lowest BCUT2D eigenvalue weighted by Crippen LogP contribution is -2.48. The number of benzene rings is 6. The molecule has 21 nitrogen and oxygen atoms in total. The van der Waals surface area contributed by atoms with Crippen molar-refractivity contribution in [3.63, 3.8) is 0 Å². The molecule has 3 fully saturated rings. The maximum absolute atomic E-state index is 16.6. The zero-order chi connectivity index (χ0) is 77.6. The topological polar surface area (TPSA) is 241 Å². The predicted molar refractivity (Wildman–Crippen MR) is 424 cm³/mol. The fourth-order valence-electron chi connectivity index (χ4n) is 15.1. The van der Waals surface area contributed by atoms with Crippen LogP contribution in [0.1, 0.15) is 95.0 Å². The smallest absolute Gasteiger partial charge is 0.246 e. The molecule has 3 saturated heterocycles. The van der Waals surface area contributed by atoms with E-state index in [2.05, 4.69) is 30.2 Å². The maximum Gasteiger partial charge on any atom is 0.246 e. The van der Waals surface area contributed by atoms with Crippen molar-refractivity contribution in [3.8, 4) is 0 Å². The molecule has 3 aliphatic carbocycles. The second kappa shape index (κ2) is 33.8. The largest absolute Gasteiger partial charge is 0.512 e. The third kappa shape index (κ3) is 16.2. The molecule has 3 aliphatic heterocycles. The fraction of sp³-hybridized carbons (Fsp3) is 0.301. The molecule has 4 N–H and O–H groups in total. The number of hydrogen-bond donors (Lipinski definition) is 4. The van der Waals surface area contributed by atoms with Gasteiger partial charge in [0.2, 0.25) is 29.6 Å². The van der Waals surface area contributed by atoms with Crippen LogP contribution in [0.2, 0.25) is 15.1 Å². The first kappa shape index (κ1) is 77.1. The number of carbonyl (C=O) groups is 4. The van der Waals surface area contributed by atoms with Gasteiger partial charge in [0, 0.05) is 191 Å². The summed E-state index contributed by atoms with van der Waals surface area (Å²) in [6.45, 7) is 12.1. The summed E-state index contributed by atoms with van der Waals surface area (Å²) in [6.07, 6.45) is 18.9. The highest BCUT2D eigenvalue weighted by atomic mass is 35.5. The Morgan fingerprint density at radius 2 is 0.800 bits per heavy atom. The number of carbonyl (C=O) groups excluding carboxylic acids is 4. The third-order valence-corrected chi connectivity index (χ3v) is 21.5. The number of aliphatic hydroxyl groups is 3. The van der Waals surface area contributed by atoms with Crippen LogP contribution in [0, 0.1) is 17.5 Å². The molecule has 9 aromatic rings. The van der Waals surface area contributed by atoms with Crippen molar-refractivity contribution in [2.75, 3.05) is 119 Å². The molecule has 15 rings (SSSR count). The minimum atomic E-state index is -0.597. The summed E-state index contributed by atoms with van der Waals surface area (Å²) in [4.78, 5) is 88.3. The molecule has 0 spiro atoms. The van der Waals surface area contributed by atoms with Crippen molar-refractivity contribution in [2.45, 2.75) is 64.2 Å². The van der Waals surface area contributed by atoms with E-state index in [0.29, 0.717) is 143 Å². The van der Waals surface area contributed by atoms with Gasteiger partial charge in [0.15, 0.2) is 17.5 Å². The number of nitrogens with one attached hydrogen (secondary N) is 1. The van der Waals surface area contributed by atoms with Crippen molar-refractivity contribution < 1.29 is 47.7 Å². The first-order valence-corrected chi connectivity index (χ1v) is 37.6. The summed E-state index contributed by atoms with van der Waals surface area (Å²) >= 11 is 20.2. The zero-order valence-electron chi connectivity index (χ0n) is 61.3. The molecular formula is C83H82Cl3F3N14O7. The highest BCUT2D eigenvalue weighted by Crippen LogP contribution is 2.46. The van der Waals surface area contributed by atoms with Crippen LogP contribution in [0.25, 0.3) is 32.7 Å². The van der Waals surface area contributed by atoms with Crippen molar-refractivity contribution in [2.24, 2.45) is 0 Å². The quantitative estimate of drug-likeness (QED) is 0.0785. The Morgan fingerprint density at radius 3 is 1.15 bits per heavy atom. The average molecular weight is 1550 g/mol. The number of aromatic nitrogens is 6. The van der Waals surface area contributed by atoms with Gasteiger partial charge in [-0.2, -0.15) is 4.98 Å². The van der Waals surface area contributed by atoms with E-state index in [4.69, 9.17) is 39.8 Å². The van der Waals surface area contributed by atoms with Crippen molar-refractivity contribution in [1.29, 1.82) is 0 Å². The molecule has 0 saturated carbocycles. The van der Waals surface area contributed by atoms with Gasteiger partial charge < -0.3 is 54.9 Å². The molecule has 6 aliphatic rings. The Balaban J connectivity index is 0.000000146. The molecule has 568 valence electrons. The molecule has 6 heterocycles. The van der Waals surface area contributed by atoms with Gasteiger partial charge in [-0.1, -0.05) is 126 Å². The number of piperazine rings is 3. The number of halogens is 6. The van der Waals surface area contributed by atoms with E-state index in [1.807, 2.05) is 101 Å². The van der Waals surface area contributed by atoms with Crippen LogP contribution in [0.3, 0.4) is 0 Å². The fourth-order valence-corrected chi connectivity index (χ4v) is 16.1. The molecule has 110 heavy (non-hydrogen) atoms. The average Bonchev–Trinajstić information content (AvgIpc) is 0.795. The SMILES string of the molecule is C/C=C/C(=O)N1CCN(c2nc(NCCC(=O)N(C)C)nc3c(F)c([C@H]4C=C(O)Cc5ccccc54)c(Cl)cc23)CC1.C/C=C/C(=O)N1CCN(c2ncnc3c(F)c([C@@H]4C=C(O)Cc5ccccc54)c(Cl)cc23)CC1.C/C=C/C(=O)N1CCN(c2ncnc3c(F)c([C@@H]4C=C(O)Cc5ccccc54)c(Cl)cc23)CC1. The van der Waals surface area contributed by atoms with E-state index in [1.54, 1.807) is 109 Å². The van der Waals surface area contributed by atoms with Gasteiger partial charge in [-0.05, 0) is 109 Å². The number of fused-ring (bicyclic) bond motifs is 6. The Morgan fingerprint density at radius 1 is 0.473 bits per heavy atom. The number of amides is 4. The molecule has 6 aromatic carbocycles. The minimum absolute atomic E-state index is 0.0162. The lowest BCUT2D eigenvalue weighted by atomic mass is 9.82. The van der Waals surface area contributed by atoms with Crippen LogP contribution >= 0.6 is 34.8 Å². The van der Waals surface area contributed by atoms with Crippen molar-refractivity contribution in [3.05, 3.63) is 258 Å². The summed E-state index contributed by atoms with van der Waals surface area (Å²) < 4.78 is 48.6. The number of nitrogens with zero attached hydrogens (tertiary/aromatic N) is 13. The lowest BCUT2D eigenvalue weighted by molar-refractivity contribution is -0.128. The first-order valence-electron chi connectivity index (χ1n) is 36.4. The Bertz CT molecular complexity index is 5060. The summed E-state index contributed by atoms with van der Waals surface area (Å²) in [7, 11) is 3.37. The van der Waals surface area contributed by atoms with Crippen LogP contribution in [-0.2, 0) is 38.4 Å². The summed E-state index contributed by atoms with van der Waals surface area (Å²) in [6, 6.07) is 28.0. The van der Waals surface area contributed by atoms with E-state index in [0.717, 1.165) is 33.4 Å². The molecule has 3 aromatic heterocycles. The van der Waals surface area contributed by atoms with Crippen LogP contribution in [0.5, 0.6) is 0 Å². The maximum atomic E-state index is 16.6. The van der Waals surface area contributed by atoms with Gasteiger partial charge >= 0.3 is 0 Å². The van der Waals surface area contributed by atoms with Gasteiger partial charge in [0.25, 0.3) is 0 Å². The van der Waals surface area contributed by atoms with Crippen LogP contribution in [0.15, 0.2) is 176 Å². The Kier molecular flexibility index (Phi) is 23.7. The standard InChI is InChI=1S/C31H34ClFN6O3.2C26H24ClFN4O2/c1-4-7-26(42)38-12-14-39(15-13-38)30-23-18-24(32)27(22-17-20(40)16-19-8-5-6-9-21(19)22)28(33)29(23)35-31(36-30)34-11-10-25(41)37(2)3;2*1-2-5-22(34)31-8-10-32(11-9-31)26-20-14-21(27)23(24(28)25(20)29-15-30-26)19-13-17(33)12-16-6-3-4-7-18(16)19/h4-9,17-18,22,40H,10-16H2,1-3H3,(H,34,35,36);2*2-7,13-15,19,33H,8-12H2,1H3/b7-4+;2*5-2+/t22-;2*19-/m011/s1. The van der Waals surface area contributed by atoms with Gasteiger partial charge in [0.05, 0.1) is 17.3 Å². The van der Waals surface area contributed by atoms with Crippen LogP contribution in [0.4, 0.5) is 36.6 Å². The second-order valence-corrected chi connectivity index (χ2v) is 28.9. The highest BCUT2D eigenvalue weighted by Gasteiger charge is 2.35. The normalized spacial score (nSPS) is 17.8. The molecular weight excluding hydrogens is 1470 g/mol. The molecule has 0 bridgehead atoms. The van der Waals surface area contributed by atoms with E-state index in [9.17, 15) is 34.5 Å². The Hall–Kier alpha value is -11.1. The number of rotatable bonds is 13. The lowest BCUT2D eigenvalue weighted by Gasteiger charge is -2.35. The summed E-state index contributed by atoms with van der Waals surface area (Å²) in [5, 5.41) is 36.5. The number of allylic oxidation sites excluding steroid dienone is 9. The third-order valence-electron chi connectivity index (χ3n) is 20.6. The van der Waals surface area contributed by atoms with E-state index < -0.39 is 35.2 Å². The monoisotopic (exact) mass is 1550 g/mol. The summed E-state index contributed by atoms with van der Waals surface area (Å²) in [5.74, 6) is -1.00.